The highest BCUT2D eigenvalue weighted by atomic mass is 16.5. The number of benzene rings is 2. The number of alkyl carbamates (subject to hydrolysis) is 1. The minimum atomic E-state index is -0.841. The number of nitrogens with two attached hydrogens (primary N) is 1. The summed E-state index contributed by atoms with van der Waals surface area (Å²) < 4.78 is 17.9. The van der Waals surface area contributed by atoms with Crippen molar-refractivity contribution >= 4 is 64.7 Å². The van der Waals surface area contributed by atoms with Crippen molar-refractivity contribution in [3.05, 3.63) is 90.2 Å². The number of likely N-dealkylation sites (N-methyl/N-ethyl adjacent to an activating group) is 2. The number of allylic oxidation sites excluding steroid dienone is 1. The first-order valence-electron chi connectivity index (χ1n) is 34.4. The molecule has 2 aromatic carbocycles. The van der Waals surface area contributed by atoms with Gasteiger partial charge in [0.05, 0.1) is 42.3 Å². The lowest BCUT2D eigenvalue weighted by atomic mass is 9.81. The van der Waals surface area contributed by atoms with Gasteiger partial charge in [-0.2, -0.15) is 0 Å². The van der Waals surface area contributed by atoms with Crippen LogP contribution in [0.15, 0.2) is 79.0 Å². The van der Waals surface area contributed by atoms with Crippen molar-refractivity contribution in [2.24, 2.45) is 47.2 Å². The Labute approximate surface area is 564 Å². The zero-order valence-corrected chi connectivity index (χ0v) is 58.7. The number of hydrogen-bond donors (Lipinski definition) is 5. The van der Waals surface area contributed by atoms with E-state index in [1.165, 1.54) is 6.08 Å². The topological polar surface area (TPSA) is 285 Å². The third kappa shape index (κ3) is 23.2. The van der Waals surface area contributed by atoms with Crippen LogP contribution in [-0.2, 0) is 65.6 Å². The molecule has 3 aliphatic heterocycles. The van der Waals surface area contributed by atoms with E-state index in [0.717, 1.165) is 31.4 Å². The van der Waals surface area contributed by atoms with E-state index >= 15 is 0 Å². The van der Waals surface area contributed by atoms with Gasteiger partial charge in [-0.25, -0.2) is 9.59 Å². The molecule has 0 unspecified atom stereocenters. The minimum absolute atomic E-state index is 0.00167. The molecule has 2 aromatic rings. The molecule has 5 rings (SSSR count). The number of ketones is 3. The van der Waals surface area contributed by atoms with Gasteiger partial charge in [-0.05, 0) is 131 Å². The van der Waals surface area contributed by atoms with Crippen LogP contribution in [0.25, 0.3) is 0 Å². The molecule has 0 radical (unpaired) electrons. The van der Waals surface area contributed by atoms with Crippen molar-refractivity contribution in [2.75, 3.05) is 66.4 Å². The molecule has 2 fully saturated rings. The number of amides is 8. The first kappa shape index (κ1) is 78.4. The average molecular weight is 1320 g/mol. The summed E-state index contributed by atoms with van der Waals surface area (Å²) in [6.45, 7) is 21.4. The molecule has 2 saturated heterocycles. The number of nitrogens with one attached hydrogen (secondary N) is 4. The molecule has 0 spiro atoms. The SMILES string of the molecule is C=C1C=CC(=O)N1CCCCCC(=O)N[C@H](C(=O)C[C@@H](CCCNC(N)=O)C(=O)Nc1ccc(COC(=O)NC[C@@H](CC(=O)[C@H](C)[C@@H](OC)[C@@H]2CCCN2C(=O)C[C@@H](OC)[C@H]([C@@H](C)CC)N(C)C(=O)[C@@H](CC(=O)[C@]2(C)CCCN2C)C(C)C)Cc2ccccc2)cc1)C(C)C. The van der Waals surface area contributed by atoms with Crippen LogP contribution in [0.1, 0.15) is 163 Å². The fourth-order valence-electron chi connectivity index (χ4n) is 13.7. The van der Waals surface area contributed by atoms with Gasteiger partial charge in [0.25, 0.3) is 5.91 Å². The first-order chi connectivity index (χ1) is 45.1. The standard InChI is InChI=1S/C73H111N9O13/c1-14-49(6)67(80(11)70(90)57(47(2)3)43-62(85)73(9)35-23-37-79(73)10)61(93-12)44-65(88)82-39-22-27-58(82)68(94-13)51(8)59(83)41-54(40-52-24-17-15-18-25-52)45-76-72(92)95-46-53-30-32-56(33-31-53)77-69(89)55(26-21-36-75-71(74)91)42-60(84)66(48(4)5)78-63(86)28-19-16-20-38-81-50(7)29-34-64(81)87/h15,17-18,24-25,29-34,47-49,51,54-55,57-58,61,66-68H,7,14,16,19-23,26-28,35-46H2,1-6,8-13H3,(H,76,92)(H,77,89)(H,78,86)(H3,74,75,91)/t49-,51-,54+,55+,57-,58-,61+,66-,67-,68+,73-/m0/s1. The maximum absolute atomic E-state index is 14.6. The maximum Gasteiger partial charge on any atom is 0.407 e. The average Bonchev–Trinajstić information content (AvgIpc) is 1.78. The summed E-state index contributed by atoms with van der Waals surface area (Å²) in [6.07, 6.45) is 8.15. The summed E-state index contributed by atoms with van der Waals surface area (Å²) in [5, 5.41) is 11.2. The molecule has 0 aliphatic carbocycles. The highest BCUT2D eigenvalue weighted by Gasteiger charge is 2.46. The second-order valence-corrected chi connectivity index (χ2v) is 27.5. The van der Waals surface area contributed by atoms with Crippen molar-refractivity contribution in [3.8, 4) is 0 Å². The van der Waals surface area contributed by atoms with Crippen LogP contribution in [0, 0.1) is 41.4 Å². The number of primary amides is 1. The predicted octanol–water partition coefficient (Wildman–Crippen LogP) is 8.94. The van der Waals surface area contributed by atoms with E-state index in [4.69, 9.17) is 19.9 Å². The van der Waals surface area contributed by atoms with Gasteiger partial charge in [-0.1, -0.05) is 110 Å². The number of Topliss-reactive ketones (excluding diaryl/α,β-unsaturated/α-hetero) is 3. The van der Waals surface area contributed by atoms with Gasteiger partial charge in [0.15, 0.2) is 11.6 Å². The molecular weight excluding hydrogens is 1210 g/mol. The Bertz CT molecular complexity index is 2920. The van der Waals surface area contributed by atoms with Crippen LogP contribution in [0.2, 0.25) is 0 Å². The summed E-state index contributed by atoms with van der Waals surface area (Å²) in [5.74, 6) is -4.19. The van der Waals surface area contributed by atoms with E-state index in [0.29, 0.717) is 75.0 Å². The maximum atomic E-state index is 14.6. The summed E-state index contributed by atoms with van der Waals surface area (Å²) in [5.41, 5.74) is 7.33. The van der Waals surface area contributed by atoms with Gasteiger partial charge in [0, 0.05) is 108 Å². The lowest BCUT2D eigenvalue weighted by Crippen LogP contribution is -2.54. The van der Waals surface area contributed by atoms with Crippen molar-refractivity contribution in [1.29, 1.82) is 0 Å². The van der Waals surface area contributed by atoms with Crippen LogP contribution < -0.4 is 27.0 Å². The molecule has 95 heavy (non-hydrogen) atoms. The van der Waals surface area contributed by atoms with Crippen LogP contribution in [0.3, 0.4) is 0 Å². The number of carbonyl (C=O) groups excluding carboxylic acids is 10. The van der Waals surface area contributed by atoms with Crippen molar-refractivity contribution in [3.63, 3.8) is 0 Å². The molecule has 0 aromatic heterocycles. The monoisotopic (exact) mass is 1320 g/mol. The number of urea groups is 1. The van der Waals surface area contributed by atoms with Gasteiger partial charge in [0.2, 0.25) is 23.6 Å². The van der Waals surface area contributed by atoms with E-state index in [9.17, 15) is 47.9 Å². The molecule has 6 N–H and O–H groups in total. The number of ether oxygens (including phenoxy) is 3. The van der Waals surface area contributed by atoms with Crippen LogP contribution in [0.5, 0.6) is 0 Å². The van der Waals surface area contributed by atoms with Gasteiger partial charge in [-0.15, -0.1) is 0 Å². The second kappa shape index (κ2) is 38.4. The summed E-state index contributed by atoms with van der Waals surface area (Å²) in [6, 6.07) is 14.0. The quantitative estimate of drug-likeness (QED) is 0.0389. The third-order valence-corrected chi connectivity index (χ3v) is 20.0. The van der Waals surface area contributed by atoms with Crippen LogP contribution >= 0.6 is 0 Å². The first-order valence-corrected chi connectivity index (χ1v) is 34.4. The van der Waals surface area contributed by atoms with Gasteiger partial charge >= 0.3 is 12.1 Å². The van der Waals surface area contributed by atoms with Gasteiger partial charge in [-0.3, -0.25) is 43.3 Å². The Morgan fingerprint density at radius 1 is 0.800 bits per heavy atom. The summed E-state index contributed by atoms with van der Waals surface area (Å²) in [7, 11) is 6.87. The lowest BCUT2D eigenvalue weighted by molar-refractivity contribution is -0.149. The van der Waals surface area contributed by atoms with Gasteiger partial charge < -0.3 is 55.9 Å². The highest BCUT2D eigenvalue weighted by Crippen LogP contribution is 2.35. The fraction of sp³-hybridized carbons (Fsp3) is 0.644. The number of likely N-dealkylation sites (tertiary alicyclic amines) is 2. The number of anilines is 1. The normalized spacial score (nSPS) is 19.3. The molecule has 22 nitrogen and oxygen atoms in total. The second-order valence-electron chi connectivity index (χ2n) is 27.5. The molecule has 22 heteroatoms. The van der Waals surface area contributed by atoms with Crippen molar-refractivity contribution in [1.82, 2.24) is 35.6 Å². The number of hydrogen-bond acceptors (Lipinski definition) is 14. The van der Waals surface area contributed by atoms with Crippen LogP contribution in [0.4, 0.5) is 15.3 Å². The zero-order chi connectivity index (χ0) is 70.1. The Morgan fingerprint density at radius 3 is 2.11 bits per heavy atom. The molecule has 8 amide bonds. The highest BCUT2D eigenvalue weighted by molar-refractivity contribution is 5.98. The summed E-state index contributed by atoms with van der Waals surface area (Å²) >= 11 is 0. The fourth-order valence-corrected chi connectivity index (χ4v) is 13.7. The Hall–Kier alpha value is -7.30. The molecule has 11 atom stereocenters. The summed E-state index contributed by atoms with van der Waals surface area (Å²) in [4.78, 5) is 142. The number of rotatable bonds is 41. The van der Waals surface area contributed by atoms with E-state index in [1.807, 2.05) is 90.7 Å². The van der Waals surface area contributed by atoms with Crippen molar-refractivity contribution in [2.45, 2.75) is 201 Å². The molecule has 3 heterocycles. The molecule has 3 aliphatic rings. The number of unbranched alkanes of at least 4 members (excludes halogenated alkanes) is 2. The predicted molar refractivity (Wildman–Crippen MR) is 366 cm³/mol. The minimum Gasteiger partial charge on any atom is -0.445 e. The number of carbonyl (C=O) groups is 10. The Kier molecular flexibility index (Phi) is 31.7. The Balaban J connectivity index is 1.16. The van der Waals surface area contributed by atoms with E-state index in [2.05, 4.69) is 39.7 Å². The third-order valence-electron chi connectivity index (χ3n) is 20.0. The largest absolute Gasteiger partial charge is 0.445 e. The number of nitrogens with zero attached hydrogens (tertiary/aromatic N) is 4. The lowest BCUT2D eigenvalue weighted by Gasteiger charge is -2.41. The molecule has 526 valence electrons. The zero-order valence-electron chi connectivity index (χ0n) is 58.7. The van der Waals surface area contributed by atoms with E-state index < -0.39 is 71.7 Å². The van der Waals surface area contributed by atoms with Crippen LogP contribution in [-0.4, -0.2) is 176 Å². The molecule has 0 bridgehead atoms. The smallest absolute Gasteiger partial charge is 0.407 e. The number of methoxy groups -OCH3 is 2. The van der Waals surface area contributed by atoms with Crippen molar-refractivity contribution < 1.29 is 62.2 Å². The molecular formula is C73H111N9O13. The van der Waals surface area contributed by atoms with E-state index in [1.54, 1.807) is 61.4 Å². The Morgan fingerprint density at radius 2 is 1.51 bits per heavy atom. The van der Waals surface area contributed by atoms with E-state index in [-0.39, 0.29) is 123 Å². The van der Waals surface area contributed by atoms with Gasteiger partial charge in [0.1, 0.15) is 12.4 Å². The molecule has 0 saturated carbocycles.